The molecule has 0 radical (unpaired) electrons. The molecule has 1 rings (SSSR count). The van der Waals surface area contributed by atoms with E-state index in [9.17, 15) is 9.59 Å². The number of benzene rings is 1. The topological polar surface area (TPSA) is 74.6 Å². The number of carboxylic acids is 2. The molecule has 0 aromatic heterocycles. The molecule has 0 aliphatic heterocycles. The fourth-order valence-corrected chi connectivity index (χ4v) is 0.856. The minimum Gasteiger partial charge on any atom is -0.478 e. The van der Waals surface area contributed by atoms with E-state index >= 15 is 0 Å². The van der Waals surface area contributed by atoms with Gasteiger partial charge < -0.3 is 10.2 Å². The Kier molecular flexibility index (Phi) is 10.9. The maximum absolute atomic E-state index is 10.5. The molecule has 2 N–H and O–H groups in total. The van der Waals surface area contributed by atoms with E-state index in [1.165, 1.54) is 24.3 Å². The van der Waals surface area contributed by atoms with Gasteiger partial charge in [-0.3, -0.25) is 0 Å². The van der Waals surface area contributed by atoms with Crippen molar-refractivity contribution in [2.75, 3.05) is 0 Å². The van der Waals surface area contributed by atoms with Crippen LogP contribution in [0.5, 0.6) is 0 Å². The lowest BCUT2D eigenvalue weighted by Crippen LogP contribution is -2.06. The normalized spacial score (nSPS) is 7.47. The van der Waals surface area contributed by atoms with E-state index < -0.39 is 11.9 Å². The largest absolute Gasteiger partial charge is 0.478 e. The molecule has 0 aliphatic carbocycles. The number of halogens is 3. The summed E-state index contributed by atoms with van der Waals surface area (Å²) in [5.74, 6) is -2.46. The van der Waals surface area contributed by atoms with Crippen LogP contribution >= 0.6 is 37.2 Å². The van der Waals surface area contributed by atoms with Crippen LogP contribution in [0.4, 0.5) is 0 Å². The van der Waals surface area contributed by atoms with Gasteiger partial charge in [-0.2, -0.15) is 0 Å². The summed E-state index contributed by atoms with van der Waals surface area (Å²) in [4.78, 5) is 20.9. The van der Waals surface area contributed by atoms with Crippen LogP contribution in [0.15, 0.2) is 24.3 Å². The molecule has 86 valence electrons. The molecule has 1 aromatic rings. The standard InChI is InChI=1S/C8H6O4.3ClH/c9-7(10)5-3-1-2-4-6(5)8(11)12;;;/h1-4H,(H,9,10)(H,11,12);3*1H. The summed E-state index contributed by atoms with van der Waals surface area (Å²) in [6.45, 7) is 0. The second-order valence-electron chi connectivity index (χ2n) is 2.16. The first-order chi connectivity index (χ1) is 5.63. The highest BCUT2D eigenvalue weighted by Crippen LogP contribution is 2.07. The molecular weight excluding hydrogens is 266 g/mol. The molecule has 0 saturated heterocycles. The van der Waals surface area contributed by atoms with Crippen LogP contribution in [-0.2, 0) is 0 Å². The van der Waals surface area contributed by atoms with Crippen LogP contribution in [-0.4, -0.2) is 22.2 Å². The van der Waals surface area contributed by atoms with Crippen molar-refractivity contribution in [2.24, 2.45) is 0 Å². The molecule has 0 unspecified atom stereocenters. The van der Waals surface area contributed by atoms with Gasteiger partial charge in [0.2, 0.25) is 0 Å². The third kappa shape index (κ3) is 4.88. The van der Waals surface area contributed by atoms with E-state index in [0.29, 0.717) is 0 Å². The Balaban J connectivity index is -0.000000480. The number of aromatic carboxylic acids is 2. The first-order valence-corrected chi connectivity index (χ1v) is 3.18. The lowest BCUT2D eigenvalue weighted by Gasteiger charge is -1.98. The van der Waals surface area contributed by atoms with Gasteiger partial charge in [-0.1, -0.05) is 12.1 Å². The van der Waals surface area contributed by atoms with Gasteiger partial charge in [0.1, 0.15) is 0 Å². The predicted molar refractivity (Wildman–Crippen MR) is 62.1 cm³/mol. The average Bonchev–Trinajstić information content (AvgIpc) is 2.04. The Morgan fingerprint density at radius 1 is 0.800 bits per heavy atom. The predicted octanol–water partition coefficient (Wildman–Crippen LogP) is 2.35. The first kappa shape index (κ1) is 19.6. The molecule has 0 bridgehead atoms. The molecular formula is C8H9Cl3O4. The number of hydrogen-bond donors (Lipinski definition) is 2. The highest BCUT2D eigenvalue weighted by atomic mass is 35.5. The van der Waals surface area contributed by atoms with Crippen LogP contribution < -0.4 is 0 Å². The molecule has 0 heterocycles. The highest BCUT2D eigenvalue weighted by molar-refractivity contribution is 6.01. The van der Waals surface area contributed by atoms with Crippen molar-refractivity contribution in [1.82, 2.24) is 0 Å². The number of hydrogen-bond acceptors (Lipinski definition) is 2. The fourth-order valence-electron chi connectivity index (χ4n) is 0.856. The fraction of sp³-hybridized carbons (Fsp3) is 0. The average molecular weight is 276 g/mol. The molecule has 7 heteroatoms. The Hall–Kier alpha value is -0.970. The van der Waals surface area contributed by atoms with Gasteiger partial charge in [-0.25, -0.2) is 9.59 Å². The molecule has 0 aliphatic rings. The zero-order chi connectivity index (χ0) is 9.14. The maximum Gasteiger partial charge on any atom is 0.336 e. The quantitative estimate of drug-likeness (QED) is 0.869. The van der Waals surface area contributed by atoms with Crippen molar-refractivity contribution in [3.63, 3.8) is 0 Å². The van der Waals surface area contributed by atoms with Crippen molar-refractivity contribution in [2.45, 2.75) is 0 Å². The van der Waals surface area contributed by atoms with E-state index in [2.05, 4.69) is 0 Å². The highest BCUT2D eigenvalue weighted by Gasteiger charge is 2.13. The van der Waals surface area contributed by atoms with Crippen molar-refractivity contribution in [3.8, 4) is 0 Å². The first-order valence-electron chi connectivity index (χ1n) is 3.18. The van der Waals surface area contributed by atoms with Gasteiger partial charge in [-0.05, 0) is 12.1 Å². The number of carboxylic acid groups (broad SMARTS) is 2. The Morgan fingerprint density at radius 3 is 1.27 bits per heavy atom. The van der Waals surface area contributed by atoms with Gasteiger partial charge in [0.15, 0.2) is 0 Å². The van der Waals surface area contributed by atoms with Crippen molar-refractivity contribution in [3.05, 3.63) is 35.4 Å². The molecule has 1 aromatic carbocycles. The minimum atomic E-state index is -1.23. The summed E-state index contributed by atoms with van der Waals surface area (Å²) in [5, 5.41) is 17.1. The Morgan fingerprint density at radius 2 is 1.07 bits per heavy atom. The van der Waals surface area contributed by atoms with Crippen LogP contribution in [0.2, 0.25) is 0 Å². The van der Waals surface area contributed by atoms with Crippen LogP contribution in [0.1, 0.15) is 20.7 Å². The van der Waals surface area contributed by atoms with Crippen molar-refractivity contribution < 1.29 is 19.8 Å². The molecule has 0 amide bonds. The van der Waals surface area contributed by atoms with Gasteiger partial charge >= 0.3 is 11.9 Å². The second-order valence-corrected chi connectivity index (χ2v) is 2.16. The molecule has 0 atom stereocenters. The number of carbonyl (C=O) groups is 2. The lowest BCUT2D eigenvalue weighted by molar-refractivity contribution is 0.0651. The van der Waals surface area contributed by atoms with E-state index in [4.69, 9.17) is 10.2 Å². The van der Waals surface area contributed by atoms with Gasteiger partial charge in [0.25, 0.3) is 0 Å². The van der Waals surface area contributed by atoms with Crippen molar-refractivity contribution >= 4 is 49.2 Å². The summed E-state index contributed by atoms with van der Waals surface area (Å²) in [6.07, 6.45) is 0. The molecule has 4 nitrogen and oxygen atoms in total. The van der Waals surface area contributed by atoms with E-state index in [1.54, 1.807) is 0 Å². The maximum atomic E-state index is 10.5. The van der Waals surface area contributed by atoms with Gasteiger partial charge in [0.05, 0.1) is 11.1 Å². The minimum absolute atomic E-state index is 0. The lowest BCUT2D eigenvalue weighted by atomic mass is 10.1. The second kappa shape index (κ2) is 8.35. The smallest absolute Gasteiger partial charge is 0.336 e. The summed E-state index contributed by atoms with van der Waals surface area (Å²) in [6, 6.07) is 5.48. The molecule has 15 heavy (non-hydrogen) atoms. The summed E-state index contributed by atoms with van der Waals surface area (Å²) < 4.78 is 0. The third-order valence-electron chi connectivity index (χ3n) is 1.39. The Labute approximate surface area is 105 Å². The zero-order valence-corrected chi connectivity index (χ0v) is 9.69. The number of rotatable bonds is 2. The molecule has 0 fully saturated rings. The van der Waals surface area contributed by atoms with Crippen molar-refractivity contribution in [1.29, 1.82) is 0 Å². The van der Waals surface area contributed by atoms with E-state index in [0.717, 1.165) is 0 Å². The summed E-state index contributed by atoms with van der Waals surface area (Å²) >= 11 is 0. The van der Waals surface area contributed by atoms with Crippen LogP contribution in [0.25, 0.3) is 0 Å². The Bertz CT molecular complexity index is 307. The van der Waals surface area contributed by atoms with Crippen LogP contribution in [0.3, 0.4) is 0 Å². The third-order valence-corrected chi connectivity index (χ3v) is 1.39. The van der Waals surface area contributed by atoms with Gasteiger partial charge in [-0.15, -0.1) is 37.2 Å². The zero-order valence-electron chi connectivity index (χ0n) is 7.25. The van der Waals surface area contributed by atoms with Gasteiger partial charge in [0, 0.05) is 0 Å². The van der Waals surface area contributed by atoms with E-state index in [1.807, 2.05) is 0 Å². The van der Waals surface area contributed by atoms with E-state index in [-0.39, 0.29) is 48.3 Å². The molecule has 0 spiro atoms. The molecule has 0 saturated carbocycles. The van der Waals surface area contributed by atoms with Crippen LogP contribution in [0, 0.1) is 0 Å². The summed E-state index contributed by atoms with van der Waals surface area (Å²) in [7, 11) is 0. The summed E-state index contributed by atoms with van der Waals surface area (Å²) in [5.41, 5.74) is -0.380. The monoisotopic (exact) mass is 274 g/mol. The SMILES string of the molecule is Cl.Cl.Cl.O=C(O)c1ccccc1C(=O)O.